The van der Waals surface area contributed by atoms with Crippen molar-refractivity contribution in [1.82, 2.24) is 15.5 Å². The molecule has 1 rings (SSSR count). The van der Waals surface area contributed by atoms with Crippen molar-refractivity contribution < 1.29 is 14.3 Å². The quantitative estimate of drug-likeness (QED) is 0.807. The summed E-state index contributed by atoms with van der Waals surface area (Å²) in [7, 11) is 1.78. The fourth-order valence-electron chi connectivity index (χ4n) is 2.13. The molecule has 0 aromatic carbocycles. The molecule has 1 aliphatic heterocycles. The maximum atomic E-state index is 12.2. The van der Waals surface area contributed by atoms with E-state index in [0.717, 1.165) is 25.9 Å². The molecule has 0 aromatic rings. The molecule has 0 aliphatic carbocycles. The Morgan fingerprint density at radius 1 is 1.30 bits per heavy atom. The summed E-state index contributed by atoms with van der Waals surface area (Å²) < 4.78 is 5.13. The summed E-state index contributed by atoms with van der Waals surface area (Å²) in [4.78, 5) is 25.3. The number of rotatable bonds is 4. The van der Waals surface area contributed by atoms with Crippen molar-refractivity contribution in [2.24, 2.45) is 5.92 Å². The van der Waals surface area contributed by atoms with Crippen LogP contribution >= 0.6 is 0 Å². The van der Waals surface area contributed by atoms with Crippen LogP contribution in [0, 0.1) is 5.92 Å². The zero-order chi connectivity index (χ0) is 15.2. The standard InChI is InChI=1S/C14H27N3O3/c1-14(2,3)20-13(19)16-9-10-17(4)12(18)11-5-7-15-8-6-11/h11,15H,5-10H2,1-4H3,(H,16,19). The Morgan fingerprint density at radius 2 is 1.90 bits per heavy atom. The van der Waals surface area contributed by atoms with Gasteiger partial charge in [-0.25, -0.2) is 4.79 Å². The van der Waals surface area contributed by atoms with Crippen LogP contribution in [0.5, 0.6) is 0 Å². The Morgan fingerprint density at radius 3 is 2.45 bits per heavy atom. The van der Waals surface area contributed by atoms with Crippen LogP contribution < -0.4 is 10.6 Å². The highest BCUT2D eigenvalue weighted by Crippen LogP contribution is 2.14. The van der Waals surface area contributed by atoms with Crippen molar-refractivity contribution in [1.29, 1.82) is 0 Å². The van der Waals surface area contributed by atoms with Crippen LogP contribution in [0.3, 0.4) is 0 Å². The zero-order valence-electron chi connectivity index (χ0n) is 13.0. The Bertz CT molecular complexity index is 333. The van der Waals surface area contributed by atoms with E-state index in [0.29, 0.717) is 13.1 Å². The Kier molecular flexibility index (Phi) is 6.26. The smallest absolute Gasteiger partial charge is 0.407 e. The number of carbonyl (C=O) groups is 2. The SMILES string of the molecule is CN(CCNC(=O)OC(C)(C)C)C(=O)C1CCNCC1. The van der Waals surface area contributed by atoms with Crippen LogP contribution in [-0.2, 0) is 9.53 Å². The van der Waals surface area contributed by atoms with E-state index < -0.39 is 11.7 Å². The van der Waals surface area contributed by atoms with Gasteiger partial charge in [0.25, 0.3) is 0 Å². The summed E-state index contributed by atoms with van der Waals surface area (Å²) in [5.74, 6) is 0.278. The maximum Gasteiger partial charge on any atom is 0.407 e. The molecule has 0 spiro atoms. The lowest BCUT2D eigenvalue weighted by atomic mass is 9.97. The van der Waals surface area contributed by atoms with E-state index in [1.807, 2.05) is 20.8 Å². The van der Waals surface area contributed by atoms with Gasteiger partial charge in [0.1, 0.15) is 5.60 Å². The molecule has 20 heavy (non-hydrogen) atoms. The van der Waals surface area contributed by atoms with Crippen LogP contribution in [0.2, 0.25) is 0 Å². The predicted octanol–water partition coefficient (Wildman–Crippen LogP) is 0.969. The number of hydrogen-bond donors (Lipinski definition) is 2. The lowest BCUT2D eigenvalue weighted by Gasteiger charge is -2.27. The van der Waals surface area contributed by atoms with Crippen LogP contribution in [0.25, 0.3) is 0 Å². The molecule has 0 aromatic heterocycles. The van der Waals surface area contributed by atoms with E-state index in [2.05, 4.69) is 10.6 Å². The van der Waals surface area contributed by atoms with E-state index in [-0.39, 0.29) is 11.8 Å². The molecule has 0 bridgehead atoms. The normalized spacial score (nSPS) is 16.6. The fourth-order valence-corrected chi connectivity index (χ4v) is 2.13. The van der Waals surface area contributed by atoms with Gasteiger partial charge in [-0.1, -0.05) is 0 Å². The molecular formula is C14H27N3O3. The molecule has 0 atom stereocenters. The lowest BCUT2D eigenvalue weighted by molar-refractivity contribution is -0.134. The number of nitrogens with one attached hydrogen (secondary N) is 2. The number of nitrogens with zero attached hydrogens (tertiary/aromatic N) is 1. The molecular weight excluding hydrogens is 258 g/mol. The van der Waals surface area contributed by atoms with Crippen molar-refractivity contribution in [3.05, 3.63) is 0 Å². The summed E-state index contributed by atoms with van der Waals surface area (Å²) in [6.07, 6.45) is 1.34. The highest BCUT2D eigenvalue weighted by Gasteiger charge is 2.23. The van der Waals surface area contributed by atoms with Gasteiger partial charge in [-0.05, 0) is 46.7 Å². The molecule has 6 heteroatoms. The molecule has 2 amide bonds. The Hall–Kier alpha value is -1.30. The maximum absolute atomic E-state index is 12.2. The van der Waals surface area contributed by atoms with Gasteiger partial charge in [-0.2, -0.15) is 0 Å². The number of likely N-dealkylation sites (N-methyl/N-ethyl adjacent to an activating group) is 1. The van der Waals surface area contributed by atoms with Gasteiger partial charge in [0.15, 0.2) is 0 Å². The topological polar surface area (TPSA) is 70.7 Å². The molecule has 0 saturated carbocycles. The van der Waals surface area contributed by atoms with Gasteiger partial charge in [0.2, 0.25) is 5.91 Å². The first-order chi connectivity index (χ1) is 9.29. The van der Waals surface area contributed by atoms with Gasteiger partial charge in [-0.3, -0.25) is 4.79 Å². The number of alkyl carbamates (subject to hydrolysis) is 1. The van der Waals surface area contributed by atoms with Crippen molar-refractivity contribution in [2.45, 2.75) is 39.2 Å². The molecule has 116 valence electrons. The van der Waals surface area contributed by atoms with Gasteiger partial charge in [0, 0.05) is 26.1 Å². The molecule has 0 radical (unpaired) electrons. The molecule has 2 N–H and O–H groups in total. The average molecular weight is 285 g/mol. The first-order valence-corrected chi connectivity index (χ1v) is 7.22. The largest absolute Gasteiger partial charge is 0.444 e. The minimum atomic E-state index is -0.499. The summed E-state index contributed by atoms with van der Waals surface area (Å²) >= 11 is 0. The summed E-state index contributed by atoms with van der Waals surface area (Å²) in [6.45, 7) is 8.17. The third kappa shape index (κ3) is 6.23. The lowest BCUT2D eigenvalue weighted by Crippen LogP contribution is -2.42. The molecule has 1 heterocycles. The predicted molar refractivity (Wildman–Crippen MR) is 77.5 cm³/mol. The van der Waals surface area contributed by atoms with Gasteiger partial charge in [0.05, 0.1) is 0 Å². The van der Waals surface area contributed by atoms with Gasteiger partial charge < -0.3 is 20.3 Å². The average Bonchev–Trinajstić information content (AvgIpc) is 2.36. The van der Waals surface area contributed by atoms with Crippen LogP contribution in [-0.4, -0.2) is 55.7 Å². The fraction of sp³-hybridized carbons (Fsp3) is 0.857. The van der Waals surface area contributed by atoms with Gasteiger partial charge >= 0.3 is 6.09 Å². The van der Waals surface area contributed by atoms with Crippen molar-refractivity contribution in [2.75, 3.05) is 33.2 Å². The van der Waals surface area contributed by atoms with E-state index in [9.17, 15) is 9.59 Å². The van der Waals surface area contributed by atoms with Crippen molar-refractivity contribution >= 4 is 12.0 Å². The number of piperidine rings is 1. The minimum Gasteiger partial charge on any atom is -0.444 e. The van der Waals surface area contributed by atoms with Crippen LogP contribution in [0.1, 0.15) is 33.6 Å². The molecule has 1 fully saturated rings. The number of amides is 2. The minimum absolute atomic E-state index is 0.114. The van der Waals surface area contributed by atoms with E-state index in [1.54, 1.807) is 11.9 Å². The Labute approximate surface area is 121 Å². The monoisotopic (exact) mass is 285 g/mol. The van der Waals surface area contributed by atoms with E-state index >= 15 is 0 Å². The molecule has 1 saturated heterocycles. The second-order valence-electron chi connectivity index (χ2n) is 6.21. The summed E-state index contributed by atoms with van der Waals surface area (Å²) in [5, 5.41) is 5.90. The van der Waals surface area contributed by atoms with Crippen molar-refractivity contribution in [3.8, 4) is 0 Å². The summed E-state index contributed by atoms with van der Waals surface area (Å²) in [5.41, 5.74) is -0.499. The van der Waals surface area contributed by atoms with Crippen molar-refractivity contribution in [3.63, 3.8) is 0 Å². The zero-order valence-corrected chi connectivity index (χ0v) is 13.0. The molecule has 1 aliphatic rings. The highest BCUT2D eigenvalue weighted by molar-refractivity contribution is 5.78. The number of ether oxygens (including phenoxy) is 1. The third-order valence-electron chi connectivity index (χ3n) is 3.18. The van der Waals surface area contributed by atoms with Crippen LogP contribution in [0.15, 0.2) is 0 Å². The molecule has 6 nitrogen and oxygen atoms in total. The summed E-state index contributed by atoms with van der Waals surface area (Å²) in [6, 6.07) is 0. The van der Waals surface area contributed by atoms with Gasteiger partial charge in [-0.15, -0.1) is 0 Å². The Balaban J connectivity index is 2.23. The third-order valence-corrected chi connectivity index (χ3v) is 3.18. The first-order valence-electron chi connectivity index (χ1n) is 7.22. The second-order valence-corrected chi connectivity index (χ2v) is 6.21. The molecule has 0 unspecified atom stereocenters. The van der Waals surface area contributed by atoms with E-state index in [1.165, 1.54) is 0 Å². The first kappa shape index (κ1) is 16.8. The van der Waals surface area contributed by atoms with E-state index in [4.69, 9.17) is 4.74 Å². The number of hydrogen-bond acceptors (Lipinski definition) is 4. The highest BCUT2D eigenvalue weighted by atomic mass is 16.6. The number of carbonyl (C=O) groups excluding carboxylic acids is 2. The van der Waals surface area contributed by atoms with Crippen LogP contribution in [0.4, 0.5) is 4.79 Å². The second kappa shape index (κ2) is 7.47.